The first kappa shape index (κ1) is 18.3. The minimum atomic E-state index is -0.322. The van der Waals surface area contributed by atoms with E-state index in [1.165, 1.54) is 12.1 Å². The fourth-order valence-electron chi connectivity index (χ4n) is 2.16. The molecule has 0 radical (unpaired) electrons. The summed E-state index contributed by atoms with van der Waals surface area (Å²) in [6.07, 6.45) is -0.157. The van der Waals surface area contributed by atoms with Crippen LogP contribution in [-0.4, -0.2) is 25.7 Å². The van der Waals surface area contributed by atoms with E-state index in [1.807, 2.05) is 19.1 Å². The molecule has 0 bridgehead atoms. The van der Waals surface area contributed by atoms with Crippen molar-refractivity contribution in [1.82, 2.24) is 10.6 Å². The lowest BCUT2D eigenvalue weighted by molar-refractivity contribution is 0.223. The van der Waals surface area contributed by atoms with Gasteiger partial charge in [0.05, 0.1) is 18.2 Å². The molecular formula is C19H21FN4O. The molecule has 0 saturated carbocycles. The maximum atomic E-state index is 13.2. The first-order chi connectivity index (χ1) is 12.1. The third-order valence-corrected chi connectivity index (χ3v) is 3.46. The summed E-state index contributed by atoms with van der Waals surface area (Å²) in [5.41, 5.74) is 1.68. The zero-order valence-electron chi connectivity index (χ0n) is 14.3. The summed E-state index contributed by atoms with van der Waals surface area (Å²) < 4.78 is 18.8. The summed E-state index contributed by atoms with van der Waals surface area (Å²) in [5.74, 6) is 0.812. The van der Waals surface area contributed by atoms with Crippen molar-refractivity contribution in [2.24, 2.45) is 4.99 Å². The summed E-state index contributed by atoms with van der Waals surface area (Å²) in [6, 6.07) is 15.5. The number of halogens is 1. The van der Waals surface area contributed by atoms with Gasteiger partial charge in [0, 0.05) is 19.7 Å². The van der Waals surface area contributed by atoms with Crippen molar-refractivity contribution in [3.05, 3.63) is 65.5 Å². The van der Waals surface area contributed by atoms with Crippen molar-refractivity contribution in [3.63, 3.8) is 0 Å². The zero-order chi connectivity index (χ0) is 18.1. The van der Waals surface area contributed by atoms with Crippen LogP contribution in [0.15, 0.2) is 53.5 Å². The number of hydrogen-bond donors (Lipinski definition) is 2. The van der Waals surface area contributed by atoms with Crippen LogP contribution in [0.25, 0.3) is 0 Å². The normalized spacial score (nSPS) is 12.2. The lowest BCUT2D eigenvalue weighted by Gasteiger charge is -2.18. The van der Waals surface area contributed by atoms with Gasteiger partial charge in [-0.2, -0.15) is 5.26 Å². The van der Waals surface area contributed by atoms with Gasteiger partial charge in [0.15, 0.2) is 5.96 Å². The highest BCUT2D eigenvalue weighted by molar-refractivity contribution is 5.79. The van der Waals surface area contributed by atoms with E-state index >= 15 is 0 Å². The average Bonchev–Trinajstić information content (AvgIpc) is 2.62. The molecule has 2 aromatic carbocycles. The highest BCUT2D eigenvalue weighted by atomic mass is 19.1. The van der Waals surface area contributed by atoms with Gasteiger partial charge < -0.3 is 15.4 Å². The molecular weight excluding hydrogens is 319 g/mol. The minimum Gasteiger partial charge on any atom is -0.489 e. The Bertz CT molecular complexity index is 753. The molecule has 0 amide bonds. The van der Waals surface area contributed by atoms with E-state index in [0.717, 1.165) is 5.56 Å². The molecule has 2 rings (SSSR count). The molecule has 0 saturated heterocycles. The van der Waals surface area contributed by atoms with Gasteiger partial charge in [0.25, 0.3) is 0 Å². The van der Waals surface area contributed by atoms with E-state index in [9.17, 15) is 4.39 Å². The summed E-state index contributed by atoms with van der Waals surface area (Å²) in [6.45, 7) is 3.00. The lowest BCUT2D eigenvalue weighted by atomic mass is 10.1. The predicted octanol–water partition coefficient (Wildman–Crippen LogP) is 2.83. The quantitative estimate of drug-likeness (QED) is 0.627. The van der Waals surface area contributed by atoms with Gasteiger partial charge in [-0.25, -0.2) is 4.39 Å². The molecule has 5 nitrogen and oxygen atoms in total. The van der Waals surface area contributed by atoms with Crippen molar-refractivity contribution < 1.29 is 9.13 Å². The monoisotopic (exact) mass is 340 g/mol. The van der Waals surface area contributed by atoms with E-state index in [4.69, 9.17) is 10.00 Å². The Hall–Kier alpha value is -3.07. The highest BCUT2D eigenvalue weighted by Crippen LogP contribution is 2.13. The Labute approximate surface area is 147 Å². The van der Waals surface area contributed by atoms with Crippen LogP contribution in [0, 0.1) is 17.1 Å². The molecule has 25 heavy (non-hydrogen) atoms. The number of nitriles is 1. The van der Waals surface area contributed by atoms with Crippen LogP contribution in [0.2, 0.25) is 0 Å². The van der Waals surface area contributed by atoms with Crippen molar-refractivity contribution in [1.29, 1.82) is 5.26 Å². The molecule has 6 heteroatoms. The minimum absolute atomic E-state index is 0.157. The van der Waals surface area contributed by atoms with E-state index in [0.29, 0.717) is 30.4 Å². The molecule has 2 aromatic rings. The molecule has 1 unspecified atom stereocenters. The SMILES string of the molecule is CN=C(NCc1ccc(C#N)cc1)NCC(C)Oc1cccc(F)c1. The number of rotatable bonds is 6. The smallest absolute Gasteiger partial charge is 0.191 e. The number of guanidine groups is 1. The van der Waals surface area contributed by atoms with Crippen LogP contribution in [0.4, 0.5) is 4.39 Å². The number of hydrogen-bond acceptors (Lipinski definition) is 3. The molecule has 0 fully saturated rings. The Morgan fingerprint density at radius 1 is 1.24 bits per heavy atom. The zero-order valence-corrected chi connectivity index (χ0v) is 14.3. The maximum Gasteiger partial charge on any atom is 0.191 e. The molecule has 1 atom stereocenters. The fraction of sp³-hybridized carbons (Fsp3) is 0.263. The van der Waals surface area contributed by atoms with Gasteiger partial charge in [-0.05, 0) is 36.8 Å². The van der Waals surface area contributed by atoms with Crippen molar-refractivity contribution in [3.8, 4) is 11.8 Å². The summed E-state index contributed by atoms with van der Waals surface area (Å²) in [7, 11) is 1.69. The van der Waals surface area contributed by atoms with Crippen LogP contribution >= 0.6 is 0 Å². The Morgan fingerprint density at radius 3 is 2.64 bits per heavy atom. The van der Waals surface area contributed by atoms with E-state index < -0.39 is 0 Å². The van der Waals surface area contributed by atoms with E-state index in [-0.39, 0.29) is 11.9 Å². The van der Waals surface area contributed by atoms with Gasteiger partial charge in [-0.3, -0.25) is 4.99 Å². The second-order valence-corrected chi connectivity index (χ2v) is 5.50. The third-order valence-electron chi connectivity index (χ3n) is 3.46. The van der Waals surface area contributed by atoms with Crippen LogP contribution in [0.3, 0.4) is 0 Å². The fourth-order valence-corrected chi connectivity index (χ4v) is 2.16. The summed E-state index contributed by atoms with van der Waals surface area (Å²) >= 11 is 0. The van der Waals surface area contributed by atoms with Gasteiger partial charge in [-0.15, -0.1) is 0 Å². The van der Waals surface area contributed by atoms with Crippen molar-refractivity contribution >= 4 is 5.96 Å². The molecule has 2 N–H and O–H groups in total. The number of aliphatic imine (C=N–C) groups is 1. The topological polar surface area (TPSA) is 69.4 Å². The van der Waals surface area contributed by atoms with E-state index in [2.05, 4.69) is 21.7 Å². The first-order valence-corrected chi connectivity index (χ1v) is 7.96. The van der Waals surface area contributed by atoms with Gasteiger partial charge >= 0.3 is 0 Å². The molecule has 0 aliphatic heterocycles. The molecule has 0 aliphatic rings. The molecule has 0 aliphatic carbocycles. The van der Waals surface area contributed by atoms with Gasteiger partial charge in [0.2, 0.25) is 0 Å². The second-order valence-electron chi connectivity index (χ2n) is 5.50. The lowest BCUT2D eigenvalue weighted by Crippen LogP contribution is -2.41. The molecule has 130 valence electrons. The van der Waals surface area contributed by atoms with Gasteiger partial charge in [-0.1, -0.05) is 18.2 Å². The van der Waals surface area contributed by atoms with Gasteiger partial charge in [0.1, 0.15) is 17.7 Å². The maximum absolute atomic E-state index is 13.2. The summed E-state index contributed by atoms with van der Waals surface area (Å²) in [4.78, 5) is 4.16. The predicted molar refractivity (Wildman–Crippen MR) is 95.8 cm³/mol. The molecule has 0 heterocycles. The first-order valence-electron chi connectivity index (χ1n) is 7.96. The van der Waals surface area contributed by atoms with Crippen LogP contribution in [0.1, 0.15) is 18.1 Å². The molecule has 0 spiro atoms. The van der Waals surface area contributed by atoms with Crippen LogP contribution in [-0.2, 0) is 6.54 Å². The average molecular weight is 340 g/mol. The summed E-state index contributed by atoms with van der Waals surface area (Å²) in [5, 5.41) is 15.2. The molecule has 0 aromatic heterocycles. The largest absolute Gasteiger partial charge is 0.489 e. The standard InChI is InChI=1S/C19H21FN4O/c1-14(25-18-5-3-4-17(20)10-18)12-23-19(22-2)24-13-16-8-6-15(11-21)7-9-16/h3-10,14H,12-13H2,1-2H3,(H2,22,23,24). The number of benzene rings is 2. The number of nitrogens with one attached hydrogen (secondary N) is 2. The second kappa shape index (κ2) is 9.28. The Morgan fingerprint density at radius 2 is 2.00 bits per heavy atom. The van der Waals surface area contributed by atoms with Crippen molar-refractivity contribution in [2.75, 3.05) is 13.6 Å². The van der Waals surface area contributed by atoms with Crippen LogP contribution in [0.5, 0.6) is 5.75 Å². The highest BCUT2D eigenvalue weighted by Gasteiger charge is 2.06. The Balaban J connectivity index is 1.78. The Kier molecular flexibility index (Phi) is 6.78. The number of nitrogens with zero attached hydrogens (tertiary/aromatic N) is 2. The number of ether oxygens (including phenoxy) is 1. The third kappa shape index (κ3) is 6.15. The van der Waals surface area contributed by atoms with Crippen LogP contribution < -0.4 is 15.4 Å². The van der Waals surface area contributed by atoms with Crippen molar-refractivity contribution in [2.45, 2.75) is 19.6 Å². The van der Waals surface area contributed by atoms with E-state index in [1.54, 1.807) is 31.3 Å².